The van der Waals surface area contributed by atoms with Crippen molar-refractivity contribution < 1.29 is 19.2 Å². The van der Waals surface area contributed by atoms with Crippen molar-refractivity contribution in [2.75, 3.05) is 7.11 Å². The van der Waals surface area contributed by atoms with Gasteiger partial charge in [0.05, 0.1) is 17.8 Å². The number of benzene rings is 2. The summed E-state index contributed by atoms with van der Waals surface area (Å²) < 4.78 is 4.42. The molecule has 2 aromatic carbocycles. The van der Waals surface area contributed by atoms with Crippen LogP contribution in [-0.4, -0.2) is 18.9 Å². The maximum atomic E-state index is 11.0. The molecule has 2 aromatic rings. The Hall–Kier alpha value is -2.73. The van der Waals surface area contributed by atoms with Gasteiger partial charge in [0.25, 0.3) is 0 Å². The number of rotatable bonds is 6. The highest BCUT2D eigenvalue weighted by molar-refractivity contribution is 6.32. The van der Waals surface area contributed by atoms with Crippen LogP contribution in [0.2, 0.25) is 5.02 Å². The molecule has 7 heteroatoms. The third-order valence-electron chi connectivity index (χ3n) is 3.05. The summed E-state index contributed by atoms with van der Waals surface area (Å²) in [7, 11) is 1.23. The number of carbonyl (C=O) groups excluding carboxylic acids is 1. The highest BCUT2D eigenvalue weighted by Gasteiger charge is 2.08. The maximum absolute atomic E-state index is 11.0. The minimum absolute atomic E-state index is 0.275. The lowest BCUT2D eigenvalue weighted by Crippen LogP contribution is -2.26. The van der Waals surface area contributed by atoms with Crippen molar-refractivity contribution in [2.24, 2.45) is 5.16 Å². The standard InChI is InChI=1S/C17H17ClN2O4/c1-12(19-23-11-13-6-4-3-5-7-13)14-8-9-15(18)16(10-14)24-20-17(21)22-2/h3-10H,11H2,1-2H3,(H,20,21). The zero-order chi connectivity index (χ0) is 17.4. The van der Waals surface area contributed by atoms with Crippen molar-refractivity contribution in [3.63, 3.8) is 0 Å². The molecule has 0 unspecified atom stereocenters. The first-order valence-electron chi connectivity index (χ1n) is 7.11. The maximum Gasteiger partial charge on any atom is 0.440 e. The van der Waals surface area contributed by atoms with Crippen LogP contribution in [0.15, 0.2) is 53.7 Å². The van der Waals surface area contributed by atoms with E-state index in [1.165, 1.54) is 7.11 Å². The average molecular weight is 349 g/mol. The van der Waals surface area contributed by atoms with Crippen LogP contribution in [0.5, 0.6) is 5.75 Å². The number of carbonyl (C=O) groups is 1. The third-order valence-corrected chi connectivity index (χ3v) is 3.37. The number of amides is 1. The van der Waals surface area contributed by atoms with Crippen LogP contribution in [0.4, 0.5) is 4.79 Å². The summed E-state index contributed by atoms with van der Waals surface area (Å²) in [5.74, 6) is 0.275. The van der Waals surface area contributed by atoms with Crippen molar-refractivity contribution >= 4 is 23.4 Å². The van der Waals surface area contributed by atoms with E-state index in [2.05, 4.69) is 15.4 Å². The minimum atomic E-state index is -0.729. The van der Waals surface area contributed by atoms with Gasteiger partial charge in [0.1, 0.15) is 6.61 Å². The topological polar surface area (TPSA) is 69.2 Å². The van der Waals surface area contributed by atoms with E-state index in [4.69, 9.17) is 21.3 Å². The molecule has 2 rings (SSSR count). The van der Waals surface area contributed by atoms with E-state index in [-0.39, 0.29) is 5.75 Å². The van der Waals surface area contributed by atoms with Crippen molar-refractivity contribution in [3.8, 4) is 5.75 Å². The second-order valence-corrected chi connectivity index (χ2v) is 5.18. The second-order valence-electron chi connectivity index (χ2n) is 4.78. The number of hydrogen-bond donors (Lipinski definition) is 1. The molecule has 1 amide bonds. The molecule has 126 valence electrons. The highest BCUT2D eigenvalue weighted by atomic mass is 35.5. The molecule has 0 atom stereocenters. The number of methoxy groups -OCH3 is 1. The Morgan fingerprint density at radius 3 is 2.67 bits per heavy atom. The van der Waals surface area contributed by atoms with Gasteiger partial charge in [0.2, 0.25) is 0 Å². The van der Waals surface area contributed by atoms with Gasteiger partial charge in [-0.05, 0) is 24.6 Å². The summed E-state index contributed by atoms with van der Waals surface area (Å²) in [6, 6.07) is 14.8. The lowest BCUT2D eigenvalue weighted by molar-refractivity contribution is 0.118. The van der Waals surface area contributed by atoms with Crippen LogP contribution in [0.3, 0.4) is 0 Å². The number of nitrogens with one attached hydrogen (secondary N) is 1. The Labute approximate surface area is 144 Å². The second kappa shape index (κ2) is 8.79. The summed E-state index contributed by atoms with van der Waals surface area (Å²) in [6.45, 7) is 2.17. The Morgan fingerprint density at radius 2 is 1.96 bits per heavy atom. The van der Waals surface area contributed by atoms with E-state index in [0.717, 1.165) is 11.1 Å². The molecule has 0 aromatic heterocycles. The van der Waals surface area contributed by atoms with Gasteiger partial charge >= 0.3 is 6.09 Å². The summed E-state index contributed by atoms with van der Waals surface area (Å²) in [6.07, 6.45) is -0.729. The van der Waals surface area contributed by atoms with E-state index in [0.29, 0.717) is 17.3 Å². The van der Waals surface area contributed by atoms with Crippen LogP contribution in [-0.2, 0) is 16.2 Å². The van der Waals surface area contributed by atoms with Crippen LogP contribution >= 0.6 is 11.6 Å². The van der Waals surface area contributed by atoms with Crippen molar-refractivity contribution in [2.45, 2.75) is 13.5 Å². The van der Waals surface area contributed by atoms with Crippen molar-refractivity contribution in [1.29, 1.82) is 0 Å². The summed E-state index contributed by atoms with van der Waals surface area (Å²) in [5, 5.41) is 4.42. The molecule has 0 aliphatic heterocycles. The number of oxime groups is 1. The van der Waals surface area contributed by atoms with Crippen LogP contribution in [0, 0.1) is 0 Å². The summed E-state index contributed by atoms with van der Waals surface area (Å²) in [4.78, 5) is 21.5. The van der Waals surface area contributed by atoms with E-state index < -0.39 is 6.09 Å². The lowest BCUT2D eigenvalue weighted by Gasteiger charge is -2.09. The molecule has 24 heavy (non-hydrogen) atoms. The van der Waals surface area contributed by atoms with Gasteiger partial charge in [-0.2, -0.15) is 5.48 Å². The fraction of sp³-hybridized carbons (Fsp3) is 0.176. The molecular weight excluding hydrogens is 332 g/mol. The predicted octanol–water partition coefficient (Wildman–Crippen LogP) is 3.93. The SMILES string of the molecule is COC(=O)NOc1cc(C(C)=NOCc2ccccc2)ccc1Cl. The highest BCUT2D eigenvalue weighted by Crippen LogP contribution is 2.25. The third kappa shape index (κ3) is 5.17. The smallest absolute Gasteiger partial charge is 0.440 e. The fourth-order valence-corrected chi connectivity index (χ4v) is 1.93. The Balaban J connectivity index is 2.01. The first kappa shape index (κ1) is 17.6. The lowest BCUT2D eigenvalue weighted by atomic mass is 10.1. The first-order valence-corrected chi connectivity index (χ1v) is 7.49. The molecule has 0 aliphatic rings. The first-order chi connectivity index (χ1) is 11.6. The average Bonchev–Trinajstić information content (AvgIpc) is 2.61. The molecule has 0 heterocycles. The van der Waals surface area contributed by atoms with E-state index in [1.54, 1.807) is 25.1 Å². The summed E-state index contributed by atoms with van der Waals surface area (Å²) >= 11 is 6.02. The monoisotopic (exact) mass is 348 g/mol. The molecule has 0 saturated carbocycles. The number of ether oxygens (including phenoxy) is 1. The Morgan fingerprint density at radius 1 is 1.21 bits per heavy atom. The summed E-state index contributed by atoms with van der Waals surface area (Å²) in [5.41, 5.74) is 4.52. The molecule has 1 N–H and O–H groups in total. The Bertz CT molecular complexity index is 720. The molecule has 0 aliphatic carbocycles. The van der Waals surface area contributed by atoms with E-state index in [9.17, 15) is 4.79 Å². The van der Waals surface area contributed by atoms with Gasteiger partial charge in [-0.1, -0.05) is 53.2 Å². The number of hydrogen-bond acceptors (Lipinski definition) is 5. The van der Waals surface area contributed by atoms with Crippen LogP contribution < -0.4 is 10.3 Å². The van der Waals surface area contributed by atoms with Gasteiger partial charge in [0, 0.05) is 5.56 Å². The van der Waals surface area contributed by atoms with Crippen LogP contribution in [0.25, 0.3) is 0 Å². The van der Waals surface area contributed by atoms with Gasteiger partial charge in [0.15, 0.2) is 5.75 Å². The molecule has 0 fully saturated rings. The molecular formula is C17H17ClN2O4. The van der Waals surface area contributed by atoms with E-state index in [1.807, 2.05) is 30.3 Å². The number of nitrogens with zero attached hydrogens (tertiary/aromatic N) is 1. The van der Waals surface area contributed by atoms with E-state index >= 15 is 0 Å². The number of halogens is 1. The zero-order valence-corrected chi connectivity index (χ0v) is 14.0. The zero-order valence-electron chi connectivity index (χ0n) is 13.3. The quantitative estimate of drug-likeness (QED) is 0.634. The number of hydroxylamine groups is 1. The molecule has 0 spiro atoms. The van der Waals surface area contributed by atoms with Gasteiger partial charge < -0.3 is 14.4 Å². The Kier molecular flexibility index (Phi) is 6.45. The van der Waals surface area contributed by atoms with Crippen molar-refractivity contribution in [3.05, 3.63) is 64.7 Å². The minimum Gasteiger partial charge on any atom is -0.451 e. The molecule has 0 radical (unpaired) electrons. The normalized spacial score (nSPS) is 10.9. The largest absolute Gasteiger partial charge is 0.451 e. The van der Waals surface area contributed by atoms with Gasteiger partial charge in [-0.3, -0.25) is 0 Å². The fourth-order valence-electron chi connectivity index (χ4n) is 1.78. The molecule has 0 saturated heterocycles. The van der Waals surface area contributed by atoms with Crippen molar-refractivity contribution in [1.82, 2.24) is 5.48 Å². The molecule has 6 nitrogen and oxygen atoms in total. The van der Waals surface area contributed by atoms with Gasteiger partial charge in [-0.25, -0.2) is 4.79 Å². The van der Waals surface area contributed by atoms with Crippen LogP contribution in [0.1, 0.15) is 18.1 Å². The predicted molar refractivity (Wildman–Crippen MR) is 91.1 cm³/mol. The van der Waals surface area contributed by atoms with Gasteiger partial charge in [-0.15, -0.1) is 0 Å². The molecule has 0 bridgehead atoms.